The number of ketones is 1. The molecule has 9 heavy (non-hydrogen) atoms. The fraction of sp³-hybridized carbons (Fsp3) is 0.286. The van der Waals surface area contributed by atoms with Gasteiger partial charge in [0.2, 0.25) is 0 Å². The van der Waals surface area contributed by atoms with Crippen LogP contribution in [-0.2, 0) is 4.79 Å². The minimum Gasteiger partial charge on any atom is -0.377 e. The third-order valence-electron chi connectivity index (χ3n) is 1.92. The number of carbonyl (C=O) groups is 1. The van der Waals surface area contributed by atoms with E-state index in [4.69, 9.17) is 0 Å². The predicted molar refractivity (Wildman–Crippen MR) is 31.7 cm³/mol. The van der Waals surface area contributed by atoms with Gasteiger partial charge in [0.05, 0.1) is 0 Å². The summed E-state index contributed by atoms with van der Waals surface area (Å²) in [6, 6.07) is 0. The van der Waals surface area contributed by atoms with E-state index in [1.54, 1.807) is 12.2 Å². The van der Waals surface area contributed by atoms with Crippen molar-refractivity contribution in [3.63, 3.8) is 0 Å². The zero-order valence-electron chi connectivity index (χ0n) is 4.74. The van der Waals surface area contributed by atoms with E-state index in [1.807, 2.05) is 6.08 Å². The van der Waals surface area contributed by atoms with Crippen molar-refractivity contribution < 1.29 is 9.90 Å². The van der Waals surface area contributed by atoms with E-state index in [2.05, 4.69) is 0 Å². The number of hydrogen-bond donors (Lipinski definition) is 1. The second kappa shape index (κ2) is 1.16. The Morgan fingerprint density at radius 3 is 2.56 bits per heavy atom. The molecule has 2 nitrogen and oxygen atoms in total. The van der Waals surface area contributed by atoms with Crippen LogP contribution < -0.4 is 0 Å². The van der Waals surface area contributed by atoms with Gasteiger partial charge in [-0.25, -0.2) is 0 Å². The van der Waals surface area contributed by atoms with Crippen LogP contribution in [0.2, 0.25) is 0 Å². The van der Waals surface area contributed by atoms with Crippen LogP contribution in [0.1, 0.15) is 0 Å². The van der Waals surface area contributed by atoms with Crippen LogP contribution in [0.3, 0.4) is 0 Å². The van der Waals surface area contributed by atoms with Gasteiger partial charge in [-0.05, 0) is 12.2 Å². The standard InChI is InChI=1S/C7H6O2/c8-6-2-1-5-3-4-7(5,6)9/h1-5,9H/t5-,7-/m1/s1. The SMILES string of the molecule is O=C1C=C[C@@H]2C=C[C@]12O. The van der Waals surface area contributed by atoms with Gasteiger partial charge in [-0.1, -0.05) is 12.2 Å². The first-order chi connectivity index (χ1) is 4.23. The van der Waals surface area contributed by atoms with Gasteiger partial charge in [-0.15, -0.1) is 0 Å². The average Bonchev–Trinajstić information content (AvgIpc) is 1.96. The molecular weight excluding hydrogens is 116 g/mol. The highest BCUT2D eigenvalue weighted by atomic mass is 16.3. The molecule has 0 aromatic heterocycles. The highest BCUT2D eigenvalue weighted by Gasteiger charge is 2.47. The van der Waals surface area contributed by atoms with Crippen LogP contribution in [-0.4, -0.2) is 16.5 Å². The van der Waals surface area contributed by atoms with Crippen LogP contribution >= 0.6 is 0 Å². The number of rotatable bonds is 0. The van der Waals surface area contributed by atoms with E-state index in [0.717, 1.165) is 0 Å². The van der Waals surface area contributed by atoms with E-state index in [9.17, 15) is 9.90 Å². The van der Waals surface area contributed by atoms with Gasteiger partial charge in [0.25, 0.3) is 0 Å². The van der Waals surface area contributed by atoms with Gasteiger partial charge in [0.1, 0.15) is 0 Å². The molecule has 0 aromatic carbocycles. The summed E-state index contributed by atoms with van der Waals surface area (Å²) >= 11 is 0. The molecule has 0 bridgehead atoms. The molecular formula is C7H6O2. The van der Waals surface area contributed by atoms with Gasteiger partial charge in [-0.3, -0.25) is 4.79 Å². The van der Waals surface area contributed by atoms with Crippen LogP contribution in [0.25, 0.3) is 0 Å². The van der Waals surface area contributed by atoms with Crippen LogP contribution in [0.15, 0.2) is 24.3 Å². The first-order valence-corrected chi connectivity index (χ1v) is 2.88. The lowest BCUT2D eigenvalue weighted by Crippen LogP contribution is -2.43. The summed E-state index contributed by atoms with van der Waals surface area (Å²) in [5.41, 5.74) is -1.14. The summed E-state index contributed by atoms with van der Waals surface area (Å²) in [4.78, 5) is 10.8. The first kappa shape index (κ1) is 4.94. The van der Waals surface area contributed by atoms with Crippen LogP contribution in [0, 0.1) is 5.92 Å². The molecule has 2 aliphatic carbocycles. The lowest BCUT2D eigenvalue weighted by molar-refractivity contribution is -0.129. The van der Waals surface area contributed by atoms with E-state index in [0.29, 0.717) is 0 Å². The summed E-state index contributed by atoms with van der Waals surface area (Å²) < 4.78 is 0. The van der Waals surface area contributed by atoms with Crippen molar-refractivity contribution in [2.24, 2.45) is 5.92 Å². The predicted octanol–water partition coefficient (Wildman–Crippen LogP) is 0.0424. The lowest BCUT2D eigenvalue weighted by atomic mass is 9.80. The molecule has 1 N–H and O–H groups in total. The summed E-state index contributed by atoms with van der Waals surface area (Å²) in [7, 11) is 0. The van der Waals surface area contributed by atoms with Crippen LogP contribution in [0.5, 0.6) is 0 Å². The Kier molecular flexibility index (Phi) is 0.638. The second-order valence-corrected chi connectivity index (χ2v) is 2.43. The lowest BCUT2D eigenvalue weighted by Gasteiger charge is -2.30. The Morgan fingerprint density at radius 1 is 1.56 bits per heavy atom. The van der Waals surface area contributed by atoms with Gasteiger partial charge < -0.3 is 5.11 Å². The van der Waals surface area contributed by atoms with Crippen molar-refractivity contribution in [3.8, 4) is 0 Å². The van der Waals surface area contributed by atoms with E-state index in [-0.39, 0.29) is 11.7 Å². The molecule has 0 unspecified atom stereocenters. The van der Waals surface area contributed by atoms with Crippen molar-refractivity contribution >= 4 is 5.78 Å². The molecule has 46 valence electrons. The third-order valence-corrected chi connectivity index (χ3v) is 1.92. The minimum atomic E-state index is -1.14. The largest absolute Gasteiger partial charge is 0.377 e. The van der Waals surface area contributed by atoms with Gasteiger partial charge in [-0.2, -0.15) is 0 Å². The van der Waals surface area contributed by atoms with Crippen molar-refractivity contribution in [2.45, 2.75) is 5.60 Å². The summed E-state index contributed by atoms with van der Waals surface area (Å²) in [6.45, 7) is 0. The molecule has 2 heteroatoms. The van der Waals surface area contributed by atoms with Gasteiger partial charge >= 0.3 is 0 Å². The molecule has 0 amide bonds. The summed E-state index contributed by atoms with van der Waals surface area (Å²) in [6.07, 6.45) is 6.52. The highest BCUT2D eigenvalue weighted by molar-refractivity contribution is 6.03. The zero-order valence-corrected chi connectivity index (χ0v) is 4.74. The van der Waals surface area contributed by atoms with Crippen molar-refractivity contribution in [3.05, 3.63) is 24.3 Å². The summed E-state index contributed by atoms with van der Waals surface area (Å²) in [5, 5.41) is 9.32. The Bertz CT molecular complexity index is 227. The maximum absolute atomic E-state index is 10.8. The third kappa shape index (κ3) is 0.380. The van der Waals surface area contributed by atoms with Gasteiger partial charge in [0, 0.05) is 5.92 Å². The molecule has 0 saturated heterocycles. The Morgan fingerprint density at radius 2 is 2.33 bits per heavy atom. The molecule has 0 aliphatic heterocycles. The summed E-state index contributed by atoms with van der Waals surface area (Å²) in [5.74, 6) is -0.222. The van der Waals surface area contributed by atoms with Gasteiger partial charge in [0.15, 0.2) is 11.4 Å². The molecule has 0 radical (unpaired) electrons. The first-order valence-electron chi connectivity index (χ1n) is 2.88. The normalized spacial score (nSPS) is 45.0. The Balaban J connectivity index is 2.48. The minimum absolute atomic E-state index is 0.0370. The highest BCUT2D eigenvalue weighted by Crippen LogP contribution is 2.36. The van der Waals surface area contributed by atoms with Crippen molar-refractivity contribution in [1.82, 2.24) is 0 Å². The molecule has 0 fully saturated rings. The monoisotopic (exact) mass is 122 g/mol. The van der Waals surface area contributed by atoms with E-state index < -0.39 is 5.60 Å². The van der Waals surface area contributed by atoms with E-state index >= 15 is 0 Å². The number of hydrogen-bond acceptors (Lipinski definition) is 2. The van der Waals surface area contributed by atoms with E-state index in [1.165, 1.54) is 6.08 Å². The fourth-order valence-corrected chi connectivity index (χ4v) is 1.17. The van der Waals surface area contributed by atoms with Crippen molar-refractivity contribution in [1.29, 1.82) is 0 Å². The van der Waals surface area contributed by atoms with Crippen molar-refractivity contribution in [2.75, 3.05) is 0 Å². The quantitative estimate of drug-likeness (QED) is 0.461. The molecule has 2 aliphatic rings. The van der Waals surface area contributed by atoms with Crippen LogP contribution in [0.4, 0.5) is 0 Å². The molecule has 0 aromatic rings. The molecule has 2 atom stereocenters. The zero-order chi connectivity index (χ0) is 6.48. The molecule has 0 saturated carbocycles. The number of carbonyl (C=O) groups excluding carboxylic acids is 1. The smallest absolute Gasteiger partial charge is 0.191 e. The molecule has 0 spiro atoms. The number of fused-ring (bicyclic) bond motifs is 1. The average molecular weight is 122 g/mol. The second-order valence-electron chi connectivity index (χ2n) is 2.43. The Labute approximate surface area is 52.5 Å². The molecule has 2 rings (SSSR count). The maximum atomic E-state index is 10.8. The fourth-order valence-electron chi connectivity index (χ4n) is 1.17. The number of aliphatic hydroxyl groups is 1. The topological polar surface area (TPSA) is 37.3 Å². The maximum Gasteiger partial charge on any atom is 0.191 e. The Hall–Kier alpha value is -0.890. The molecule has 0 heterocycles.